The van der Waals surface area contributed by atoms with Crippen LogP contribution in [0, 0.1) is 5.41 Å². The SMILES string of the molecule is CC(=O)NC(CS(=O)(=O)Cc1ccccc1)C(C)(C)C. The summed E-state index contributed by atoms with van der Waals surface area (Å²) in [7, 11) is -3.28. The molecule has 0 radical (unpaired) electrons. The van der Waals surface area contributed by atoms with E-state index in [0.29, 0.717) is 0 Å². The van der Waals surface area contributed by atoms with Crippen molar-refractivity contribution in [3.8, 4) is 0 Å². The molecular weight excluding hydrogens is 274 g/mol. The first-order chi connectivity index (χ1) is 9.10. The van der Waals surface area contributed by atoms with Crippen LogP contribution >= 0.6 is 0 Å². The van der Waals surface area contributed by atoms with Gasteiger partial charge in [-0.05, 0) is 11.0 Å². The van der Waals surface area contributed by atoms with Gasteiger partial charge in [0.1, 0.15) is 0 Å². The van der Waals surface area contributed by atoms with Gasteiger partial charge in [0.25, 0.3) is 0 Å². The van der Waals surface area contributed by atoms with E-state index in [1.54, 1.807) is 12.1 Å². The van der Waals surface area contributed by atoms with Gasteiger partial charge < -0.3 is 5.32 Å². The zero-order valence-corrected chi connectivity index (χ0v) is 13.3. The molecule has 0 spiro atoms. The molecule has 4 nitrogen and oxygen atoms in total. The molecule has 0 aliphatic rings. The third-order valence-electron chi connectivity index (χ3n) is 3.07. The molecule has 1 rings (SSSR count). The van der Waals surface area contributed by atoms with Gasteiger partial charge >= 0.3 is 0 Å². The van der Waals surface area contributed by atoms with Gasteiger partial charge in [0.2, 0.25) is 5.91 Å². The summed E-state index contributed by atoms with van der Waals surface area (Å²) >= 11 is 0. The van der Waals surface area contributed by atoms with Crippen molar-refractivity contribution in [2.75, 3.05) is 5.75 Å². The third-order valence-corrected chi connectivity index (χ3v) is 4.69. The number of rotatable bonds is 5. The standard InChI is InChI=1S/C15H23NO3S/c1-12(17)16-14(15(2,3)4)11-20(18,19)10-13-8-6-5-7-9-13/h5-9,14H,10-11H2,1-4H3,(H,16,17). The van der Waals surface area contributed by atoms with E-state index in [1.165, 1.54) is 6.92 Å². The summed E-state index contributed by atoms with van der Waals surface area (Å²) < 4.78 is 24.6. The Labute approximate surface area is 121 Å². The number of carbonyl (C=O) groups is 1. The van der Waals surface area contributed by atoms with E-state index >= 15 is 0 Å². The molecule has 0 aliphatic heterocycles. The van der Waals surface area contributed by atoms with Gasteiger partial charge in [0.15, 0.2) is 9.84 Å². The second-order valence-corrected chi connectivity index (χ2v) is 8.27. The van der Waals surface area contributed by atoms with Crippen LogP contribution in [0.5, 0.6) is 0 Å². The number of hydrogen-bond acceptors (Lipinski definition) is 3. The first kappa shape index (κ1) is 16.7. The van der Waals surface area contributed by atoms with Crippen molar-refractivity contribution in [2.45, 2.75) is 39.5 Å². The Bertz CT molecular complexity index is 544. The highest BCUT2D eigenvalue weighted by molar-refractivity contribution is 7.90. The quantitative estimate of drug-likeness (QED) is 0.906. The Morgan fingerprint density at radius 2 is 1.75 bits per heavy atom. The van der Waals surface area contributed by atoms with Crippen molar-refractivity contribution in [2.24, 2.45) is 5.41 Å². The lowest BCUT2D eigenvalue weighted by Gasteiger charge is -2.31. The molecule has 20 heavy (non-hydrogen) atoms. The van der Waals surface area contributed by atoms with E-state index < -0.39 is 15.9 Å². The van der Waals surface area contributed by atoms with Crippen LogP contribution in [0.1, 0.15) is 33.3 Å². The van der Waals surface area contributed by atoms with Gasteiger partial charge in [0, 0.05) is 13.0 Å². The van der Waals surface area contributed by atoms with Crippen LogP contribution in [0.4, 0.5) is 0 Å². The molecule has 0 saturated carbocycles. The van der Waals surface area contributed by atoms with E-state index in [0.717, 1.165) is 5.56 Å². The topological polar surface area (TPSA) is 63.2 Å². The summed E-state index contributed by atoms with van der Waals surface area (Å²) in [6.45, 7) is 7.17. The van der Waals surface area contributed by atoms with Crippen molar-refractivity contribution in [3.05, 3.63) is 35.9 Å². The summed E-state index contributed by atoms with van der Waals surface area (Å²) in [5.41, 5.74) is 0.457. The fourth-order valence-corrected chi connectivity index (χ4v) is 3.80. The molecule has 1 aromatic rings. The Morgan fingerprint density at radius 3 is 2.20 bits per heavy atom. The van der Waals surface area contributed by atoms with Gasteiger partial charge in [-0.15, -0.1) is 0 Å². The maximum atomic E-state index is 12.3. The number of sulfone groups is 1. The normalized spacial score (nSPS) is 13.8. The number of benzene rings is 1. The van der Waals surface area contributed by atoms with Crippen molar-refractivity contribution >= 4 is 15.7 Å². The molecule has 0 fully saturated rings. The molecule has 0 heterocycles. The molecule has 1 aromatic carbocycles. The maximum absolute atomic E-state index is 12.3. The van der Waals surface area contributed by atoms with Crippen LogP contribution in [0.25, 0.3) is 0 Å². The minimum absolute atomic E-state index is 0.00000472. The van der Waals surface area contributed by atoms with Crippen LogP contribution in [0.3, 0.4) is 0 Å². The molecule has 0 bridgehead atoms. The zero-order valence-electron chi connectivity index (χ0n) is 12.5. The lowest BCUT2D eigenvalue weighted by atomic mass is 9.88. The smallest absolute Gasteiger partial charge is 0.217 e. The molecule has 0 saturated heterocycles. The van der Waals surface area contributed by atoms with Crippen molar-refractivity contribution in [1.29, 1.82) is 0 Å². The van der Waals surface area contributed by atoms with Gasteiger partial charge in [-0.25, -0.2) is 8.42 Å². The van der Waals surface area contributed by atoms with Crippen molar-refractivity contribution in [3.63, 3.8) is 0 Å². The van der Waals surface area contributed by atoms with Crippen LogP contribution in [0.15, 0.2) is 30.3 Å². The average Bonchev–Trinajstić information content (AvgIpc) is 2.26. The second-order valence-electron chi connectivity index (χ2n) is 6.16. The molecule has 1 N–H and O–H groups in total. The monoisotopic (exact) mass is 297 g/mol. The highest BCUT2D eigenvalue weighted by Crippen LogP contribution is 2.22. The average molecular weight is 297 g/mol. The molecular formula is C15H23NO3S. The lowest BCUT2D eigenvalue weighted by Crippen LogP contribution is -2.47. The Kier molecular flexibility index (Phi) is 5.34. The largest absolute Gasteiger partial charge is 0.352 e. The first-order valence-electron chi connectivity index (χ1n) is 6.61. The minimum atomic E-state index is -3.28. The zero-order chi connectivity index (χ0) is 15.4. The molecule has 0 aromatic heterocycles. The number of amides is 1. The summed E-state index contributed by atoms with van der Waals surface area (Å²) in [5.74, 6) is -0.259. The van der Waals surface area contributed by atoms with Crippen LogP contribution in [-0.4, -0.2) is 26.1 Å². The lowest BCUT2D eigenvalue weighted by molar-refractivity contribution is -0.120. The highest BCUT2D eigenvalue weighted by atomic mass is 32.2. The van der Waals surface area contributed by atoms with Crippen LogP contribution in [-0.2, 0) is 20.4 Å². The summed E-state index contributed by atoms with van der Waals surface area (Å²) in [4.78, 5) is 11.2. The van der Waals surface area contributed by atoms with Gasteiger partial charge in [-0.3, -0.25) is 4.79 Å². The van der Waals surface area contributed by atoms with Crippen molar-refractivity contribution in [1.82, 2.24) is 5.32 Å². The van der Waals surface area contributed by atoms with E-state index in [1.807, 2.05) is 39.0 Å². The van der Waals surface area contributed by atoms with Gasteiger partial charge in [-0.2, -0.15) is 0 Å². The van der Waals surface area contributed by atoms with Gasteiger partial charge in [0.05, 0.1) is 11.5 Å². The molecule has 1 unspecified atom stereocenters. The number of nitrogens with one attached hydrogen (secondary N) is 1. The predicted octanol–water partition coefficient (Wildman–Crippen LogP) is 2.15. The van der Waals surface area contributed by atoms with Crippen LogP contribution in [0.2, 0.25) is 0 Å². The van der Waals surface area contributed by atoms with E-state index in [4.69, 9.17) is 0 Å². The fraction of sp³-hybridized carbons (Fsp3) is 0.533. The van der Waals surface area contributed by atoms with Crippen molar-refractivity contribution < 1.29 is 13.2 Å². The molecule has 1 atom stereocenters. The maximum Gasteiger partial charge on any atom is 0.217 e. The molecule has 5 heteroatoms. The molecule has 1 amide bonds. The van der Waals surface area contributed by atoms with E-state index in [-0.39, 0.29) is 22.8 Å². The Morgan fingerprint density at radius 1 is 1.20 bits per heavy atom. The molecule has 0 aliphatic carbocycles. The second kappa shape index (κ2) is 6.39. The Hall–Kier alpha value is -1.36. The first-order valence-corrected chi connectivity index (χ1v) is 8.44. The highest BCUT2D eigenvalue weighted by Gasteiger charge is 2.30. The predicted molar refractivity (Wildman–Crippen MR) is 81.0 cm³/mol. The minimum Gasteiger partial charge on any atom is -0.352 e. The molecule has 112 valence electrons. The van der Waals surface area contributed by atoms with E-state index in [2.05, 4.69) is 5.32 Å². The summed E-state index contributed by atoms with van der Waals surface area (Å²) in [5, 5.41) is 2.74. The summed E-state index contributed by atoms with van der Waals surface area (Å²) in [6.07, 6.45) is 0. The van der Waals surface area contributed by atoms with Crippen LogP contribution < -0.4 is 5.32 Å². The number of carbonyl (C=O) groups excluding carboxylic acids is 1. The number of hydrogen-bond donors (Lipinski definition) is 1. The summed E-state index contributed by atoms with van der Waals surface area (Å²) in [6, 6.07) is 8.68. The fourth-order valence-electron chi connectivity index (χ4n) is 1.89. The van der Waals surface area contributed by atoms with Gasteiger partial charge in [-0.1, -0.05) is 51.1 Å². The Balaban J connectivity index is 2.84. The third kappa shape index (κ3) is 5.74. The van der Waals surface area contributed by atoms with E-state index in [9.17, 15) is 13.2 Å².